The fourth-order valence-corrected chi connectivity index (χ4v) is 4.26. The standard InChI is InChI=1S/C23H32O5S/c1-2-3-4-5-6-7-8-9-10-12-19-13-11-14-22(23(19)29(25,26)27)28-21-17-15-20(24)16-18-21/h11,13-18,24H,2-10,12H2,1H3,(H,25,26,27). The van der Waals surface area contributed by atoms with Crippen molar-refractivity contribution in [2.45, 2.75) is 76.0 Å². The molecular weight excluding hydrogens is 388 g/mol. The van der Waals surface area contributed by atoms with Gasteiger partial charge in [-0.1, -0.05) is 70.4 Å². The minimum absolute atomic E-state index is 0.0893. The average molecular weight is 421 g/mol. The highest BCUT2D eigenvalue weighted by atomic mass is 32.2. The molecule has 0 aliphatic rings. The van der Waals surface area contributed by atoms with Crippen LogP contribution in [0.2, 0.25) is 0 Å². The number of unbranched alkanes of at least 4 members (excludes halogenated alkanes) is 8. The van der Waals surface area contributed by atoms with Gasteiger partial charge in [-0.2, -0.15) is 8.42 Å². The monoisotopic (exact) mass is 420 g/mol. The van der Waals surface area contributed by atoms with Crippen molar-refractivity contribution in [1.82, 2.24) is 0 Å². The van der Waals surface area contributed by atoms with Crippen molar-refractivity contribution < 1.29 is 22.8 Å². The lowest BCUT2D eigenvalue weighted by atomic mass is 10.0. The number of benzene rings is 2. The van der Waals surface area contributed by atoms with Gasteiger partial charge in [0, 0.05) is 0 Å². The molecule has 0 saturated carbocycles. The van der Waals surface area contributed by atoms with Gasteiger partial charge in [-0.05, 0) is 48.7 Å². The summed E-state index contributed by atoms with van der Waals surface area (Å²) in [6.07, 6.45) is 11.2. The molecule has 0 bridgehead atoms. The van der Waals surface area contributed by atoms with Gasteiger partial charge in [-0.15, -0.1) is 0 Å². The van der Waals surface area contributed by atoms with Gasteiger partial charge in [-0.3, -0.25) is 4.55 Å². The molecule has 0 radical (unpaired) electrons. The first-order valence-corrected chi connectivity index (χ1v) is 11.9. The first-order valence-electron chi connectivity index (χ1n) is 10.5. The third kappa shape index (κ3) is 8.07. The summed E-state index contributed by atoms with van der Waals surface area (Å²) in [4.78, 5) is -0.173. The summed E-state index contributed by atoms with van der Waals surface area (Å²) < 4.78 is 39.5. The molecule has 0 amide bonds. The van der Waals surface area contributed by atoms with Crippen LogP contribution < -0.4 is 4.74 Å². The number of hydrogen-bond donors (Lipinski definition) is 2. The van der Waals surface area contributed by atoms with Crippen LogP contribution in [-0.2, 0) is 16.5 Å². The van der Waals surface area contributed by atoms with Crippen molar-refractivity contribution in [3.8, 4) is 17.2 Å². The number of rotatable bonds is 13. The van der Waals surface area contributed by atoms with Crippen molar-refractivity contribution in [2.75, 3.05) is 0 Å². The number of hydrogen-bond acceptors (Lipinski definition) is 4. The summed E-state index contributed by atoms with van der Waals surface area (Å²) in [6.45, 7) is 2.21. The molecule has 0 fully saturated rings. The lowest BCUT2D eigenvalue weighted by Crippen LogP contribution is -2.06. The van der Waals surface area contributed by atoms with E-state index >= 15 is 0 Å². The molecule has 0 aromatic heterocycles. The third-order valence-corrected chi connectivity index (χ3v) is 5.91. The van der Waals surface area contributed by atoms with Crippen molar-refractivity contribution in [1.29, 1.82) is 0 Å². The van der Waals surface area contributed by atoms with Gasteiger partial charge in [0.25, 0.3) is 10.1 Å². The molecule has 6 heteroatoms. The number of phenolic OH excluding ortho intramolecular Hbond substituents is 1. The van der Waals surface area contributed by atoms with Crippen LogP contribution >= 0.6 is 0 Å². The highest BCUT2D eigenvalue weighted by Crippen LogP contribution is 2.33. The van der Waals surface area contributed by atoms with E-state index in [2.05, 4.69) is 6.92 Å². The Morgan fingerprint density at radius 2 is 1.41 bits per heavy atom. The van der Waals surface area contributed by atoms with Crippen molar-refractivity contribution in [3.63, 3.8) is 0 Å². The Labute approximate surface area is 174 Å². The Morgan fingerprint density at radius 3 is 2.00 bits per heavy atom. The molecular formula is C23H32O5S. The molecule has 160 valence electrons. The van der Waals surface area contributed by atoms with Gasteiger partial charge >= 0.3 is 0 Å². The summed E-state index contributed by atoms with van der Waals surface area (Å²) >= 11 is 0. The molecule has 0 unspecified atom stereocenters. The van der Waals surface area contributed by atoms with Gasteiger partial charge in [0.1, 0.15) is 22.1 Å². The Balaban J connectivity index is 1.96. The van der Waals surface area contributed by atoms with E-state index in [0.717, 1.165) is 19.3 Å². The summed E-state index contributed by atoms with van der Waals surface area (Å²) in [7, 11) is -4.43. The van der Waals surface area contributed by atoms with E-state index in [1.807, 2.05) is 0 Å². The maximum absolute atomic E-state index is 12.0. The molecule has 0 heterocycles. The number of ether oxygens (including phenoxy) is 1. The molecule has 29 heavy (non-hydrogen) atoms. The Hall–Kier alpha value is -2.05. The predicted molar refractivity (Wildman–Crippen MR) is 115 cm³/mol. The van der Waals surface area contributed by atoms with Crippen LogP contribution in [0.1, 0.15) is 70.3 Å². The lowest BCUT2D eigenvalue weighted by Gasteiger charge is -2.13. The van der Waals surface area contributed by atoms with E-state index in [0.29, 0.717) is 17.7 Å². The van der Waals surface area contributed by atoms with Crippen LogP contribution in [-0.4, -0.2) is 18.1 Å². The van der Waals surface area contributed by atoms with Gasteiger partial charge in [0.15, 0.2) is 0 Å². The normalized spacial score (nSPS) is 11.5. The van der Waals surface area contributed by atoms with Crippen LogP contribution in [0.25, 0.3) is 0 Å². The second-order valence-electron chi connectivity index (χ2n) is 7.39. The molecule has 0 atom stereocenters. The summed E-state index contributed by atoms with van der Waals surface area (Å²) in [5.74, 6) is 0.561. The van der Waals surface area contributed by atoms with E-state index in [9.17, 15) is 18.1 Å². The second-order valence-corrected chi connectivity index (χ2v) is 8.75. The largest absolute Gasteiger partial charge is 0.508 e. The average Bonchev–Trinajstić information content (AvgIpc) is 2.67. The molecule has 5 nitrogen and oxygen atoms in total. The molecule has 2 aromatic rings. The zero-order valence-corrected chi connectivity index (χ0v) is 18.0. The van der Waals surface area contributed by atoms with E-state index in [1.54, 1.807) is 12.1 Å². The van der Waals surface area contributed by atoms with Crippen LogP contribution in [0.3, 0.4) is 0 Å². The van der Waals surface area contributed by atoms with Crippen LogP contribution in [0.15, 0.2) is 47.4 Å². The Morgan fingerprint density at radius 1 is 0.828 bits per heavy atom. The van der Waals surface area contributed by atoms with Gasteiger partial charge in [0.2, 0.25) is 0 Å². The summed E-state index contributed by atoms with van der Waals surface area (Å²) in [5.41, 5.74) is 0.562. The molecule has 0 saturated heterocycles. The third-order valence-electron chi connectivity index (χ3n) is 4.93. The van der Waals surface area contributed by atoms with Gasteiger partial charge in [-0.25, -0.2) is 0 Å². The van der Waals surface area contributed by atoms with Gasteiger partial charge < -0.3 is 9.84 Å². The minimum Gasteiger partial charge on any atom is -0.508 e. The first kappa shape index (κ1) is 23.2. The molecule has 0 spiro atoms. The quantitative estimate of drug-likeness (QED) is 0.285. The summed E-state index contributed by atoms with van der Waals surface area (Å²) in [6, 6.07) is 11.0. The van der Waals surface area contributed by atoms with Gasteiger partial charge in [0.05, 0.1) is 0 Å². The smallest absolute Gasteiger partial charge is 0.298 e. The molecule has 2 rings (SSSR count). The lowest BCUT2D eigenvalue weighted by molar-refractivity contribution is 0.443. The zero-order chi connectivity index (χ0) is 21.1. The fourth-order valence-electron chi connectivity index (χ4n) is 3.40. The highest BCUT2D eigenvalue weighted by Gasteiger charge is 2.21. The maximum Gasteiger partial charge on any atom is 0.298 e. The van der Waals surface area contributed by atoms with Crippen molar-refractivity contribution in [3.05, 3.63) is 48.0 Å². The number of aryl methyl sites for hydroxylation is 1. The minimum atomic E-state index is -4.43. The molecule has 0 aliphatic heterocycles. The zero-order valence-electron chi connectivity index (χ0n) is 17.1. The molecule has 2 aromatic carbocycles. The van der Waals surface area contributed by atoms with E-state index in [-0.39, 0.29) is 16.4 Å². The maximum atomic E-state index is 12.0. The van der Waals surface area contributed by atoms with Crippen molar-refractivity contribution in [2.24, 2.45) is 0 Å². The highest BCUT2D eigenvalue weighted by molar-refractivity contribution is 7.86. The fraction of sp³-hybridized carbons (Fsp3) is 0.478. The SMILES string of the molecule is CCCCCCCCCCCc1cccc(Oc2ccc(O)cc2)c1S(=O)(=O)O. The molecule has 0 aliphatic carbocycles. The van der Waals surface area contributed by atoms with E-state index in [4.69, 9.17) is 4.74 Å². The topological polar surface area (TPSA) is 83.8 Å². The Kier molecular flexibility index (Phi) is 9.48. The van der Waals surface area contributed by atoms with E-state index < -0.39 is 10.1 Å². The second kappa shape index (κ2) is 11.8. The summed E-state index contributed by atoms with van der Waals surface area (Å²) in [5, 5.41) is 9.37. The molecule has 2 N–H and O–H groups in total. The van der Waals surface area contributed by atoms with E-state index in [1.165, 1.54) is 68.9 Å². The Bertz CT molecular complexity index is 844. The number of phenols is 1. The van der Waals surface area contributed by atoms with Crippen LogP contribution in [0.5, 0.6) is 17.2 Å². The first-order chi connectivity index (χ1) is 13.9. The van der Waals surface area contributed by atoms with Crippen LogP contribution in [0, 0.1) is 0 Å². The van der Waals surface area contributed by atoms with Crippen molar-refractivity contribution >= 4 is 10.1 Å². The number of aromatic hydroxyl groups is 1. The van der Waals surface area contributed by atoms with Crippen LogP contribution in [0.4, 0.5) is 0 Å². The predicted octanol–water partition coefficient (Wildman–Crippen LogP) is 6.50.